The van der Waals surface area contributed by atoms with Crippen molar-refractivity contribution >= 4 is 11.7 Å². The van der Waals surface area contributed by atoms with E-state index in [-0.39, 0.29) is 17.8 Å². The van der Waals surface area contributed by atoms with Gasteiger partial charge in [-0.1, -0.05) is 42.5 Å². The molecule has 4 rings (SSSR count). The Bertz CT molecular complexity index is 1070. The molecule has 1 aliphatic rings. The van der Waals surface area contributed by atoms with Crippen molar-refractivity contribution in [3.8, 4) is 5.75 Å². The molecule has 0 unspecified atom stereocenters. The minimum absolute atomic E-state index is 0.0237. The lowest BCUT2D eigenvalue weighted by molar-refractivity contribution is 0.158. The average molecular weight is 451 g/mol. The molecule has 1 saturated carbocycles. The minimum Gasteiger partial charge on any atom is -0.497 e. The zero-order valence-corrected chi connectivity index (χ0v) is 18.6. The number of carbonyl (C=O) groups is 1. The van der Waals surface area contributed by atoms with Gasteiger partial charge in [0, 0.05) is 18.7 Å². The van der Waals surface area contributed by atoms with Crippen molar-refractivity contribution in [2.45, 2.75) is 44.2 Å². The van der Waals surface area contributed by atoms with Gasteiger partial charge in [-0.05, 0) is 67.0 Å². The van der Waals surface area contributed by atoms with E-state index in [1.807, 2.05) is 30.3 Å². The molecule has 6 heteroatoms. The molecule has 0 radical (unpaired) electrons. The largest absolute Gasteiger partial charge is 0.497 e. The number of rotatable bonds is 6. The Kier molecular flexibility index (Phi) is 7.23. The summed E-state index contributed by atoms with van der Waals surface area (Å²) in [6, 6.07) is 20.8. The van der Waals surface area contributed by atoms with Crippen LogP contribution in [0.1, 0.15) is 42.7 Å². The van der Waals surface area contributed by atoms with Gasteiger partial charge in [0.2, 0.25) is 0 Å². The van der Waals surface area contributed by atoms with Crippen LogP contribution in [-0.2, 0) is 6.54 Å². The van der Waals surface area contributed by atoms with Crippen LogP contribution in [0, 0.1) is 11.6 Å². The van der Waals surface area contributed by atoms with Crippen molar-refractivity contribution in [1.29, 1.82) is 0 Å². The van der Waals surface area contributed by atoms with Crippen molar-refractivity contribution in [3.63, 3.8) is 0 Å². The Morgan fingerprint density at radius 1 is 0.970 bits per heavy atom. The maximum absolute atomic E-state index is 14.2. The van der Waals surface area contributed by atoms with Crippen molar-refractivity contribution in [2.24, 2.45) is 0 Å². The van der Waals surface area contributed by atoms with Gasteiger partial charge < -0.3 is 15.0 Å². The highest BCUT2D eigenvalue weighted by Crippen LogP contribution is 2.35. The minimum atomic E-state index is -0.791. The summed E-state index contributed by atoms with van der Waals surface area (Å²) in [5, 5.41) is 2.64. The molecule has 3 aromatic rings. The lowest BCUT2D eigenvalue weighted by Gasteiger charge is -2.37. The normalized spacial score (nSPS) is 17.9. The van der Waals surface area contributed by atoms with Crippen LogP contribution in [-0.4, -0.2) is 24.1 Å². The van der Waals surface area contributed by atoms with Gasteiger partial charge in [0.05, 0.1) is 12.8 Å². The monoisotopic (exact) mass is 450 g/mol. The fourth-order valence-corrected chi connectivity index (χ4v) is 4.52. The molecule has 172 valence electrons. The maximum atomic E-state index is 14.2. The van der Waals surface area contributed by atoms with E-state index >= 15 is 0 Å². The second kappa shape index (κ2) is 10.5. The van der Waals surface area contributed by atoms with Crippen LogP contribution >= 0.6 is 0 Å². The van der Waals surface area contributed by atoms with Gasteiger partial charge in [-0.2, -0.15) is 0 Å². The second-order valence-electron chi connectivity index (χ2n) is 8.45. The molecule has 1 fully saturated rings. The van der Waals surface area contributed by atoms with Gasteiger partial charge in [0.1, 0.15) is 17.4 Å². The first kappa shape index (κ1) is 22.8. The van der Waals surface area contributed by atoms with E-state index in [0.717, 1.165) is 49.1 Å². The molecular formula is C27H28F2N2O2. The van der Waals surface area contributed by atoms with Crippen LogP contribution in [0.5, 0.6) is 5.75 Å². The van der Waals surface area contributed by atoms with Crippen LogP contribution < -0.4 is 10.1 Å². The highest BCUT2D eigenvalue weighted by Gasteiger charge is 2.30. The van der Waals surface area contributed by atoms with Crippen molar-refractivity contribution in [1.82, 2.24) is 4.90 Å². The van der Waals surface area contributed by atoms with Crippen LogP contribution in [0.15, 0.2) is 72.8 Å². The third-order valence-corrected chi connectivity index (χ3v) is 6.35. The fraction of sp³-hybridized carbons (Fsp3) is 0.296. The number of carbonyl (C=O) groups excluding carboxylic acids is 1. The quantitative estimate of drug-likeness (QED) is 0.452. The zero-order chi connectivity index (χ0) is 23.2. The predicted molar refractivity (Wildman–Crippen MR) is 125 cm³/mol. The van der Waals surface area contributed by atoms with E-state index < -0.39 is 11.6 Å². The van der Waals surface area contributed by atoms with E-state index in [1.54, 1.807) is 12.0 Å². The summed E-state index contributed by atoms with van der Waals surface area (Å²) in [4.78, 5) is 15.0. The van der Waals surface area contributed by atoms with Crippen molar-refractivity contribution < 1.29 is 18.3 Å². The Hall–Kier alpha value is -3.41. The topological polar surface area (TPSA) is 41.6 Å². The number of nitrogens with one attached hydrogen (secondary N) is 1. The molecule has 0 aromatic heterocycles. The van der Waals surface area contributed by atoms with E-state index in [9.17, 15) is 13.6 Å². The first-order valence-electron chi connectivity index (χ1n) is 11.2. The summed E-state index contributed by atoms with van der Waals surface area (Å²) in [6.07, 6.45) is 3.67. The fourth-order valence-electron chi connectivity index (χ4n) is 4.52. The molecule has 33 heavy (non-hydrogen) atoms. The van der Waals surface area contributed by atoms with Gasteiger partial charge in [-0.25, -0.2) is 13.6 Å². The lowest BCUT2D eigenvalue weighted by atomic mass is 9.81. The number of benzene rings is 3. The van der Waals surface area contributed by atoms with Gasteiger partial charge in [0.15, 0.2) is 0 Å². The molecule has 2 amide bonds. The van der Waals surface area contributed by atoms with Crippen LogP contribution in [0.4, 0.5) is 19.3 Å². The number of urea groups is 1. The molecule has 1 N–H and O–H groups in total. The number of ether oxygens (including phenoxy) is 1. The number of amides is 2. The Labute approximate surface area is 193 Å². The average Bonchev–Trinajstić information content (AvgIpc) is 2.85. The van der Waals surface area contributed by atoms with Crippen LogP contribution in [0.2, 0.25) is 0 Å². The molecule has 1 aliphatic carbocycles. The van der Waals surface area contributed by atoms with Crippen LogP contribution in [0.25, 0.3) is 0 Å². The Morgan fingerprint density at radius 3 is 2.30 bits per heavy atom. The highest BCUT2D eigenvalue weighted by molar-refractivity contribution is 5.89. The molecule has 0 atom stereocenters. The Morgan fingerprint density at radius 2 is 1.67 bits per heavy atom. The molecule has 4 nitrogen and oxygen atoms in total. The Balaban J connectivity index is 1.51. The first-order chi connectivity index (χ1) is 16.0. The summed E-state index contributed by atoms with van der Waals surface area (Å²) >= 11 is 0. The maximum Gasteiger partial charge on any atom is 0.322 e. The molecule has 0 saturated heterocycles. The third kappa shape index (κ3) is 5.69. The number of halogens is 2. The number of nitrogens with zero attached hydrogens (tertiary/aromatic N) is 1. The number of hydrogen-bond donors (Lipinski definition) is 1. The summed E-state index contributed by atoms with van der Waals surface area (Å²) < 4.78 is 32.7. The summed E-state index contributed by atoms with van der Waals surface area (Å²) in [6.45, 7) is 0.388. The van der Waals surface area contributed by atoms with Crippen molar-refractivity contribution in [3.05, 3.63) is 95.6 Å². The number of methoxy groups -OCH3 is 1. The molecule has 0 spiro atoms. The van der Waals surface area contributed by atoms with E-state index in [0.29, 0.717) is 12.5 Å². The molecule has 0 heterocycles. The summed E-state index contributed by atoms with van der Waals surface area (Å²) in [5.41, 5.74) is 2.25. The number of hydrogen-bond acceptors (Lipinski definition) is 2. The lowest BCUT2D eigenvalue weighted by Crippen LogP contribution is -2.44. The SMILES string of the molecule is COc1ccc(CN(C(=O)Nc2ccc(F)cc2F)C2CCC(c3ccccc3)CC2)cc1. The predicted octanol–water partition coefficient (Wildman–Crippen LogP) is 6.73. The second-order valence-corrected chi connectivity index (χ2v) is 8.45. The van der Waals surface area contributed by atoms with Gasteiger partial charge in [-0.15, -0.1) is 0 Å². The molecular weight excluding hydrogens is 422 g/mol. The standard InChI is InChI=1S/C27H28F2N2O2/c1-33-24-14-7-19(8-15-24)18-31(27(32)30-26-16-11-22(28)17-25(26)29)23-12-9-21(10-13-23)20-5-3-2-4-6-20/h2-8,11,14-17,21,23H,9-10,12-13,18H2,1H3,(H,30,32). The number of anilines is 1. The smallest absolute Gasteiger partial charge is 0.322 e. The van der Waals surface area contributed by atoms with Gasteiger partial charge >= 0.3 is 6.03 Å². The van der Waals surface area contributed by atoms with E-state index in [4.69, 9.17) is 4.74 Å². The third-order valence-electron chi connectivity index (χ3n) is 6.35. The van der Waals surface area contributed by atoms with E-state index in [1.165, 1.54) is 11.6 Å². The molecule has 3 aromatic carbocycles. The van der Waals surface area contributed by atoms with Gasteiger partial charge in [0.25, 0.3) is 0 Å². The van der Waals surface area contributed by atoms with Crippen molar-refractivity contribution in [2.75, 3.05) is 12.4 Å². The van der Waals surface area contributed by atoms with Crippen LogP contribution in [0.3, 0.4) is 0 Å². The first-order valence-corrected chi connectivity index (χ1v) is 11.2. The summed E-state index contributed by atoms with van der Waals surface area (Å²) in [7, 11) is 1.61. The molecule has 0 bridgehead atoms. The summed E-state index contributed by atoms with van der Waals surface area (Å²) in [5.74, 6) is -0.255. The molecule has 0 aliphatic heterocycles. The zero-order valence-electron chi connectivity index (χ0n) is 18.6. The van der Waals surface area contributed by atoms with E-state index in [2.05, 4.69) is 29.6 Å². The van der Waals surface area contributed by atoms with Gasteiger partial charge in [-0.3, -0.25) is 0 Å². The highest BCUT2D eigenvalue weighted by atomic mass is 19.1.